The number of aromatic nitrogens is 1. The van der Waals surface area contributed by atoms with Gasteiger partial charge in [-0.05, 0) is 61.3 Å². The molecule has 0 bridgehead atoms. The van der Waals surface area contributed by atoms with Crippen molar-refractivity contribution in [2.75, 3.05) is 18.9 Å². The number of nitrogen functional groups attached to an aromatic ring is 1. The lowest BCUT2D eigenvalue weighted by molar-refractivity contribution is 0.299. The molecule has 0 unspecified atom stereocenters. The Morgan fingerprint density at radius 3 is 2.52 bits per heavy atom. The molecular weight excluding hydrogens is 456 g/mol. The Morgan fingerprint density at radius 1 is 1.19 bits per heavy atom. The number of nitrogens with two attached hydrogens (primary N) is 1. The molecule has 7 heteroatoms. The highest BCUT2D eigenvalue weighted by Crippen LogP contribution is 2.45. The quantitative estimate of drug-likeness (QED) is 0.619. The fourth-order valence-electron chi connectivity index (χ4n) is 3.51. The Morgan fingerprint density at radius 2 is 1.90 bits per heavy atom. The second kappa shape index (κ2) is 8.96. The van der Waals surface area contributed by atoms with E-state index in [9.17, 15) is 10.5 Å². The summed E-state index contributed by atoms with van der Waals surface area (Å²) in [5.74, 6) is 3.65. The van der Waals surface area contributed by atoms with E-state index in [1.165, 1.54) is 0 Å². The monoisotopic (exact) mass is 474 g/mol. The fourth-order valence-corrected chi connectivity index (χ4v) is 3.95. The summed E-state index contributed by atoms with van der Waals surface area (Å²) in [6.07, 6.45) is 7.24. The number of nitriles is 2. The van der Waals surface area contributed by atoms with Gasteiger partial charge in [-0.1, -0.05) is 21.9 Å². The van der Waals surface area contributed by atoms with Crippen LogP contribution in [0.15, 0.2) is 22.2 Å². The van der Waals surface area contributed by atoms with Crippen molar-refractivity contribution in [2.45, 2.75) is 20.8 Å². The highest BCUT2D eigenvalue weighted by Gasteiger charge is 2.30. The SMILES string of the molecule is C#CCOc1cc(Br)c(/C=C2/C(C)=C(C#N)c3nc(N)c(C#N)c(C)c32)cc1OCC. The molecule has 0 radical (unpaired) electrons. The van der Waals surface area contributed by atoms with Crippen molar-refractivity contribution in [1.29, 1.82) is 10.5 Å². The Labute approximate surface area is 189 Å². The molecular formula is C24H19BrN4O2. The lowest BCUT2D eigenvalue weighted by atomic mass is 9.95. The van der Waals surface area contributed by atoms with Crippen molar-refractivity contribution in [3.8, 4) is 36.0 Å². The fraction of sp³-hybridized carbons (Fsp3) is 0.208. The van der Waals surface area contributed by atoms with Gasteiger partial charge >= 0.3 is 0 Å². The van der Waals surface area contributed by atoms with E-state index in [-0.39, 0.29) is 12.4 Å². The van der Waals surface area contributed by atoms with Crippen molar-refractivity contribution < 1.29 is 9.47 Å². The number of nitrogens with zero attached hydrogens (tertiary/aromatic N) is 3. The topological polar surface area (TPSA) is 105 Å². The van der Waals surface area contributed by atoms with Crippen molar-refractivity contribution in [3.63, 3.8) is 0 Å². The summed E-state index contributed by atoms with van der Waals surface area (Å²) in [5, 5.41) is 19.2. The van der Waals surface area contributed by atoms with E-state index >= 15 is 0 Å². The van der Waals surface area contributed by atoms with Gasteiger partial charge in [0.05, 0.1) is 23.4 Å². The predicted molar refractivity (Wildman–Crippen MR) is 124 cm³/mol. The van der Waals surface area contributed by atoms with Gasteiger partial charge in [0.15, 0.2) is 11.5 Å². The number of anilines is 1. The maximum Gasteiger partial charge on any atom is 0.163 e. The van der Waals surface area contributed by atoms with Gasteiger partial charge < -0.3 is 15.2 Å². The van der Waals surface area contributed by atoms with Crippen LogP contribution in [0.1, 0.15) is 41.8 Å². The number of allylic oxidation sites excluding steroid dienone is 3. The van der Waals surface area contributed by atoms with Gasteiger partial charge in [-0.3, -0.25) is 0 Å². The first-order chi connectivity index (χ1) is 14.9. The molecule has 0 saturated carbocycles. The number of hydrogen-bond donors (Lipinski definition) is 1. The maximum absolute atomic E-state index is 9.72. The van der Waals surface area contributed by atoms with E-state index in [1.54, 1.807) is 6.07 Å². The van der Waals surface area contributed by atoms with Crippen molar-refractivity contribution in [3.05, 3.63) is 50.1 Å². The number of ether oxygens (including phenoxy) is 2. The number of halogens is 1. The molecule has 1 aliphatic rings. The van der Waals surface area contributed by atoms with Crippen LogP contribution in [0.2, 0.25) is 0 Å². The first-order valence-electron chi connectivity index (χ1n) is 9.44. The van der Waals surface area contributed by atoms with E-state index in [4.69, 9.17) is 21.6 Å². The van der Waals surface area contributed by atoms with Crippen LogP contribution in [-0.2, 0) is 0 Å². The summed E-state index contributed by atoms with van der Waals surface area (Å²) < 4.78 is 12.1. The predicted octanol–water partition coefficient (Wildman–Crippen LogP) is 4.87. The van der Waals surface area contributed by atoms with Crippen LogP contribution in [0.3, 0.4) is 0 Å². The van der Waals surface area contributed by atoms with Crippen LogP contribution in [0.25, 0.3) is 17.2 Å². The number of rotatable bonds is 5. The molecule has 1 aromatic carbocycles. The molecule has 0 aliphatic heterocycles. The molecule has 0 fully saturated rings. The lowest BCUT2D eigenvalue weighted by Gasteiger charge is -2.14. The third-order valence-corrected chi connectivity index (χ3v) is 5.64. The molecule has 0 atom stereocenters. The van der Waals surface area contributed by atoms with Gasteiger partial charge in [-0.2, -0.15) is 10.5 Å². The zero-order valence-electron chi connectivity index (χ0n) is 17.3. The second-order valence-corrected chi connectivity index (χ2v) is 7.60. The highest BCUT2D eigenvalue weighted by atomic mass is 79.9. The molecule has 2 aromatic rings. The average molecular weight is 475 g/mol. The summed E-state index contributed by atoms with van der Waals surface area (Å²) in [5.41, 5.74) is 11.0. The van der Waals surface area contributed by atoms with Crippen LogP contribution < -0.4 is 15.2 Å². The minimum absolute atomic E-state index is 0.121. The van der Waals surface area contributed by atoms with E-state index in [2.05, 4.69) is 39.0 Å². The molecule has 1 aliphatic carbocycles. The molecule has 1 aromatic heterocycles. The average Bonchev–Trinajstić information content (AvgIpc) is 3.00. The zero-order chi connectivity index (χ0) is 22.7. The molecule has 1 heterocycles. The van der Waals surface area contributed by atoms with Crippen LogP contribution in [0, 0.1) is 41.9 Å². The molecule has 3 rings (SSSR count). The van der Waals surface area contributed by atoms with Gasteiger partial charge in [-0.25, -0.2) is 4.98 Å². The lowest BCUT2D eigenvalue weighted by Crippen LogP contribution is -2.04. The van der Waals surface area contributed by atoms with Crippen molar-refractivity contribution in [2.24, 2.45) is 0 Å². The molecule has 31 heavy (non-hydrogen) atoms. The van der Waals surface area contributed by atoms with Crippen molar-refractivity contribution in [1.82, 2.24) is 4.98 Å². The van der Waals surface area contributed by atoms with Crippen molar-refractivity contribution >= 4 is 39.0 Å². The Hall–Kier alpha value is -3.73. The largest absolute Gasteiger partial charge is 0.490 e. The summed E-state index contributed by atoms with van der Waals surface area (Å²) >= 11 is 3.58. The number of pyridine rings is 1. The first-order valence-corrected chi connectivity index (χ1v) is 10.2. The molecule has 2 N–H and O–H groups in total. The minimum atomic E-state index is 0.121. The third kappa shape index (κ3) is 3.87. The third-order valence-electron chi connectivity index (χ3n) is 4.96. The van der Waals surface area contributed by atoms with Crippen LogP contribution >= 0.6 is 15.9 Å². The van der Waals surface area contributed by atoms with E-state index < -0.39 is 0 Å². The zero-order valence-corrected chi connectivity index (χ0v) is 18.9. The summed E-state index contributed by atoms with van der Waals surface area (Å²) in [4.78, 5) is 4.36. The molecule has 154 valence electrons. The smallest absolute Gasteiger partial charge is 0.163 e. The maximum atomic E-state index is 9.72. The van der Waals surface area contributed by atoms with E-state index in [0.717, 1.165) is 26.7 Å². The van der Waals surface area contributed by atoms with Gasteiger partial charge in [0.1, 0.15) is 24.6 Å². The van der Waals surface area contributed by atoms with E-state index in [1.807, 2.05) is 32.9 Å². The number of benzene rings is 1. The normalized spacial score (nSPS) is 13.4. The van der Waals surface area contributed by atoms with Crippen LogP contribution in [0.5, 0.6) is 11.5 Å². The highest BCUT2D eigenvalue weighted by molar-refractivity contribution is 9.10. The second-order valence-electron chi connectivity index (χ2n) is 6.75. The van der Waals surface area contributed by atoms with Crippen LogP contribution in [0.4, 0.5) is 5.82 Å². The Kier molecular flexibility index (Phi) is 6.35. The van der Waals surface area contributed by atoms with Gasteiger partial charge in [0.2, 0.25) is 0 Å². The van der Waals surface area contributed by atoms with E-state index in [0.29, 0.717) is 40.5 Å². The molecule has 0 amide bonds. The number of fused-ring (bicyclic) bond motifs is 1. The van der Waals surface area contributed by atoms with Gasteiger partial charge in [-0.15, -0.1) is 6.42 Å². The summed E-state index contributed by atoms with van der Waals surface area (Å²) in [6, 6.07) is 7.97. The standard InChI is InChI=1S/C24H19BrN4O2/c1-5-7-31-21-10-19(25)15(9-20(21)30-6-2)8-16-13(3)17(11-26)23-22(16)14(4)18(12-27)24(28)29-23/h1,8-10H,6-7H2,2-4H3,(H2,28,29)/b16-8-. The minimum Gasteiger partial charge on any atom is -0.490 e. The van der Waals surface area contributed by atoms with Gasteiger partial charge in [0, 0.05) is 10.0 Å². The van der Waals surface area contributed by atoms with Gasteiger partial charge in [0.25, 0.3) is 0 Å². The molecule has 6 nitrogen and oxygen atoms in total. The van der Waals surface area contributed by atoms with Crippen LogP contribution in [-0.4, -0.2) is 18.2 Å². The Bertz CT molecular complexity index is 1270. The summed E-state index contributed by atoms with van der Waals surface area (Å²) in [7, 11) is 0. The number of terminal acetylenes is 1. The first kappa shape index (κ1) is 22.0. The Balaban J connectivity index is 2.25. The number of hydrogen-bond acceptors (Lipinski definition) is 6. The molecule has 0 saturated heterocycles. The summed E-state index contributed by atoms with van der Waals surface area (Å²) in [6.45, 7) is 6.13. The molecule has 0 spiro atoms.